The lowest BCUT2D eigenvalue weighted by molar-refractivity contribution is -0.127. The molecule has 0 aliphatic rings. The van der Waals surface area contributed by atoms with Crippen LogP contribution in [-0.2, 0) is 4.79 Å². The molecule has 1 aromatic heterocycles. The third kappa shape index (κ3) is 5.90. The maximum atomic E-state index is 13.0. The maximum absolute atomic E-state index is 13.0. The summed E-state index contributed by atoms with van der Waals surface area (Å²) in [5.41, 5.74) is 2.24. The smallest absolute Gasteiger partial charge is 0.260 e. The summed E-state index contributed by atoms with van der Waals surface area (Å²) in [5.74, 6) is 0.337. The summed E-state index contributed by atoms with van der Waals surface area (Å²) in [6.07, 6.45) is -0.666. The second-order valence-corrected chi connectivity index (χ2v) is 6.98. The minimum atomic E-state index is -0.666. The van der Waals surface area contributed by atoms with Crippen molar-refractivity contribution in [3.8, 4) is 22.9 Å². The number of halogens is 2. The van der Waals surface area contributed by atoms with Crippen molar-refractivity contribution in [2.45, 2.75) is 20.0 Å². The van der Waals surface area contributed by atoms with Crippen LogP contribution >= 0.6 is 11.6 Å². The first-order valence-electron chi connectivity index (χ1n) is 9.35. The maximum Gasteiger partial charge on any atom is 0.260 e. The highest BCUT2D eigenvalue weighted by molar-refractivity contribution is 6.31. The standard InChI is InChI=1S/C22H21ClFN3O3/c1-14-13-18(7-8-19(14)23)30-15(2)22(28)25-11-12-29-21-10-9-20(26-27-21)16-3-5-17(24)6-4-16/h3-10,13,15H,11-12H2,1-2H3,(H,25,28). The fraction of sp³-hybridized carbons (Fsp3) is 0.227. The number of benzene rings is 2. The molecule has 0 saturated heterocycles. The van der Waals surface area contributed by atoms with Crippen LogP contribution in [0.3, 0.4) is 0 Å². The van der Waals surface area contributed by atoms with Gasteiger partial charge in [0.05, 0.1) is 12.2 Å². The van der Waals surface area contributed by atoms with E-state index in [-0.39, 0.29) is 24.9 Å². The monoisotopic (exact) mass is 429 g/mol. The van der Waals surface area contributed by atoms with E-state index in [4.69, 9.17) is 21.1 Å². The number of aryl methyl sites for hydroxylation is 1. The number of nitrogens with one attached hydrogen (secondary N) is 1. The molecule has 156 valence electrons. The Morgan fingerprint density at radius 1 is 1.13 bits per heavy atom. The van der Waals surface area contributed by atoms with Gasteiger partial charge in [0.25, 0.3) is 5.91 Å². The molecule has 0 aliphatic carbocycles. The molecule has 3 rings (SSSR count). The third-order valence-corrected chi connectivity index (χ3v) is 4.67. The normalized spacial score (nSPS) is 11.6. The molecule has 2 aromatic carbocycles. The van der Waals surface area contributed by atoms with Gasteiger partial charge >= 0.3 is 0 Å². The lowest BCUT2D eigenvalue weighted by Gasteiger charge is -2.15. The van der Waals surface area contributed by atoms with Crippen LogP contribution in [0.2, 0.25) is 5.02 Å². The van der Waals surface area contributed by atoms with Crippen LogP contribution in [0.15, 0.2) is 54.6 Å². The minimum absolute atomic E-state index is 0.225. The predicted octanol–water partition coefficient (Wildman–Crippen LogP) is 4.21. The van der Waals surface area contributed by atoms with Gasteiger partial charge in [-0.2, -0.15) is 0 Å². The highest BCUT2D eigenvalue weighted by atomic mass is 35.5. The Hall–Kier alpha value is -3.19. The van der Waals surface area contributed by atoms with Crippen LogP contribution in [0.25, 0.3) is 11.3 Å². The van der Waals surface area contributed by atoms with Gasteiger partial charge in [-0.05, 0) is 67.9 Å². The van der Waals surface area contributed by atoms with Gasteiger partial charge in [0.15, 0.2) is 6.10 Å². The Bertz CT molecular complexity index is 998. The molecule has 1 N–H and O–H groups in total. The quantitative estimate of drug-likeness (QED) is 0.543. The fourth-order valence-corrected chi connectivity index (χ4v) is 2.71. The Balaban J connectivity index is 1.42. The summed E-state index contributed by atoms with van der Waals surface area (Å²) in [4.78, 5) is 12.2. The van der Waals surface area contributed by atoms with E-state index < -0.39 is 6.10 Å². The average molecular weight is 430 g/mol. The minimum Gasteiger partial charge on any atom is -0.481 e. The molecule has 3 aromatic rings. The number of carbonyl (C=O) groups is 1. The second kappa shape index (κ2) is 10.0. The first-order valence-corrected chi connectivity index (χ1v) is 9.73. The van der Waals surface area contributed by atoms with Crippen LogP contribution in [0.5, 0.6) is 11.6 Å². The van der Waals surface area contributed by atoms with Gasteiger partial charge in [0.2, 0.25) is 5.88 Å². The van der Waals surface area contributed by atoms with E-state index in [0.29, 0.717) is 22.3 Å². The third-order valence-electron chi connectivity index (χ3n) is 4.24. The van der Waals surface area contributed by atoms with Gasteiger partial charge in [-0.1, -0.05) is 11.6 Å². The molecule has 0 fully saturated rings. The van der Waals surface area contributed by atoms with Gasteiger partial charge in [-0.3, -0.25) is 4.79 Å². The zero-order valence-electron chi connectivity index (χ0n) is 16.6. The molecule has 1 unspecified atom stereocenters. The molecule has 1 atom stereocenters. The second-order valence-electron chi connectivity index (χ2n) is 6.57. The molecule has 0 aliphatic heterocycles. The zero-order chi connectivity index (χ0) is 21.5. The average Bonchev–Trinajstić information content (AvgIpc) is 2.74. The number of hydrogen-bond donors (Lipinski definition) is 1. The molecule has 6 nitrogen and oxygen atoms in total. The van der Waals surface area contributed by atoms with Gasteiger partial charge in [-0.15, -0.1) is 10.2 Å². The summed E-state index contributed by atoms with van der Waals surface area (Å²) in [6, 6.07) is 14.6. The van der Waals surface area contributed by atoms with E-state index in [0.717, 1.165) is 11.1 Å². The van der Waals surface area contributed by atoms with Crippen molar-refractivity contribution < 1.29 is 18.7 Å². The van der Waals surface area contributed by atoms with E-state index >= 15 is 0 Å². The van der Waals surface area contributed by atoms with Crippen molar-refractivity contribution in [2.24, 2.45) is 0 Å². The Morgan fingerprint density at radius 2 is 1.90 bits per heavy atom. The zero-order valence-corrected chi connectivity index (χ0v) is 17.3. The molecule has 1 heterocycles. The van der Waals surface area contributed by atoms with E-state index in [1.807, 2.05) is 6.92 Å². The number of carbonyl (C=O) groups excluding carboxylic acids is 1. The number of hydrogen-bond acceptors (Lipinski definition) is 5. The Kier molecular flexibility index (Phi) is 7.19. The SMILES string of the molecule is Cc1cc(OC(C)C(=O)NCCOc2ccc(-c3ccc(F)cc3)nn2)ccc1Cl. The summed E-state index contributed by atoms with van der Waals surface area (Å²) in [5, 5.41) is 11.4. The van der Waals surface area contributed by atoms with Crippen LogP contribution in [-0.4, -0.2) is 35.4 Å². The summed E-state index contributed by atoms with van der Waals surface area (Å²) < 4.78 is 24.1. The number of rotatable bonds is 8. The largest absolute Gasteiger partial charge is 0.481 e. The van der Waals surface area contributed by atoms with Gasteiger partial charge in [0.1, 0.15) is 18.2 Å². The van der Waals surface area contributed by atoms with Crippen LogP contribution in [0, 0.1) is 12.7 Å². The van der Waals surface area contributed by atoms with E-state index in [9.17, 15) is 9.18 Å². The number of nitrogens with zero attached hydrogens (tertiary/aromatic N) is 2. The van der Waals surface area contributed by atoms with Crippen molar-refractivity contribution in [1.82, 2.24) is 15.5 Å². The van der Waals surface area contributed by atoms with Crippen molar-refractivity contribution in [2.75, 3.05) is 13.2 Å². The molecule has 1 amide bonds. The van der Waals surface area contributed by atoms with Crippen molar-refractivity contribution in [1.29, 1.82) is 0 Å². The molecule has 0 radical (unpaired) electrons. The van der Waals surface area contributed by atoms with Crippen molar-refractivity contribution in [3.63, 3.8) is 0 Å². The summed E-state index contributed by atoms with van der Waals surface area (Å²) in [6.45, 7) is 4.04. The van der Waals surface area contributed by atoms with Gasteiger partial charge in [-0.25, -0.2) is 4.39 Å². The predicted molar refractivity (Wildman–Crippen MR) is 112 cm³/mol. The van der Waals surface area contributed by atoms with Gasteiger partial charge < -0.3 is 14.8 Å². The summed E-state index contributed by atoms with van der Waals surface area (Å²) >= 11 is 5.99. The van der Waals surface area contributed by atoms with E-state index in [1.165, 1.54) is 12.1 Å². The molecule has 0 spiro atoms. The highest BCUT2D eigenvalue weighted by Crippen LogP contribution is 2.22. The van der Waals surface area contributed by atoms with Crippen LogP contribution in [0.1, 0.15) is 12.5 Å². The molecule has 0 saturated carbocycles. The highest BCUT2D eigenvalue weighted by Gasteiger charge is 2.14. The number of amides is 1. The van der Waals surface area contributed by atoms with Crippen molar-refractivity contribution in [3.05, 3.63) is 71.0 Å². The van der Waals surface area contributed by atoms with E-state index in [1.54, 1.807) is 49.4 Å². The van der Waals surface area contributed by atoms with Crippen molar-refractivity contribution >= 4 is 17.5 Å². The number of ether oxygens (including phenoxy) is 2. The fourth-order valence-electron chi connectivity index (χ4n) is 2.59. The molecular weight excluding hydrogens is 409 g/mol. The molecular formula is C22H21ClFN3O3. The first kappa shape index (κ1) is 21.5. The lowest BCUT2D eigenvalue weighted by Crippen LogP contribution is -2.38. The van der Waals surface area contributed by atoms with Crippen LogP contribution in [0.4, 0.5) is 4.39 Å². The topological polar surface area (TPSA) is 73.3 Å². The lowest BCUT2D eigenvalue weighted by atomic mass is 10.1. The summed E-state index contributed by atoms with van der Waals surface area (Å²) in [7, 11) is 0. The molecule has 0 bridgehead atoms. The van der Waals surface area contributed by atoms with E-state index in [2.05, 4.69) is 15.5 Å². The Labute approximate surface area is 179 Å². The Morgan fingerprint density at radius 3 is 2.57 bits per heavy atom. The van der Waals surface area contributed by atoms with Gasteiger partial charge in [0, 0.05) is 16.7 Å². The molecule has 8 heteroatoms. The van der Waals surface area contributed by atoms with Crippen LogP contribution < -0.4 is 14.8 Å². The number of aromatic nitrogens is 2. The molecule has 30 heavy (non-hydrogen) atoms. The first-order chi connectivity index (χ1) is 14.4.